The minimum atomic E-state index is 0.155. The van der Waals surface area contributed by atoms with Crippen LogP contribution in [-0.2, 0) is 0 Å². The summed E-state index contributed by atoms with van der Waals surface area (Å²) in [6, 6.07) is 8.04. The van der Waals surface area contributed by atoms with E-state index in [0.29, 0.717) is 0 Å². The van der Waals surface area contributed by atoms with Crippen LogP contribution < -0.4 is 0 Å². The summed E-state index contributed by atoms with van der Waals surface area (Å²) in [5.74, 6) is 0.776. The fourth-order valence-electron chi connectivity index (χ4n) is 1.43. The van der Waals surface area contributed by atoms with E-state index >= 15 is 0 Å². The predicted molar refractivity (Wildman–Crippen MR) is 56.3 cm³/mol. The van der Waals surface area contributed by atoms with Crippen LogP contribution in [-0.4, -0.2) is 11.4 Å². The standard InChI is InChI=1S/C11H12OS/c1-13-11(12)10-6-4-9(5-7-10)8-2-3-8/h4-8H,2-3H2,1H3. The Hall–Kier alpha value is -0.760. The first kappa shape index (κ1) is 8.82. The van der Waals surface area contributed by atoms with Crippen molar-refractivity contribution < 1.29 is 4.79 Å². The lowest BCUT2D eigenvalue weighted by atomic mass is 10.1. The maximum atomic E-state index is 11.3. The van der Waals surface area contributed by atoms with Gasteiger partial charge in [0.1, 0.15) is 0 Å². The Morgan fingerprint density at radius 3 is 2.38 bits per heavy atom. The average Bonchev–Trinajstić information content (AvgIpc) is 3.00. The van der Waals surface area contributed by atoms with Gasteiger partial charge >= 0.3 is 0 Å². The highest BCUT2D eigenvalue weighted by molar-refractivity contribution is 8.13. The molecule has 0 aromatic heterocycles. The summed E-state index contributed by atoms with van der Waals surface area (Å²) in [6.07, 6.45) is 4.45. The Kier molecular flexibility index (Phi) is 2.40. The molecule has 1 aromatic rings. The third kappa shape index (κ3) is 1.94. The summed E-state index contributed by atoms with van der Waals surface area (Å²) < 4.78 is 0. The van der Waals surface area contributed by atoms with Gasteiger partial charge in [-0.3, -0.25) is 4.79 Å². The second-order valence-electron chi connectivity index (χ2n) is 3.39. The van der Waals surface area contributed by atoms with Gasteiger partial charge in [-0.15, -0.1) is 0 Å². The van der Waals surface area contributed by atoms with Gasteiger partial charge in [-0.25, -0.2) is 0 Å². The number of benzene rings is 1. The third-order valence-corrected chi connectivity index (χ3v) is 2.99. The Morgan fingerprint density at radius 1 is 1.31 bits per heavy atom. The van der Waals surface area contributed by atoms with E-state index in [1.807, 2.05) is 18.4 Å². The van der Waals surface area contributed by atoms with Gasteiger partial charge in [-0.2, -0.15) is 0 Å². The van der Waals surface area contributed by atoms with Crippen LogP contribution in [0.25, 0.3) is 0 Å². The molecule has 0 amide bonds. The van der Waals surface area contributed by atoms with Gasteiger partial charge in [-0.1, -0.05) is 36.0 Å². The largest absolute Gasteiger partial charge is 0.282 e. The monoisotopic (exact) mass is 192 g/mol. The van der Waals surface area contributed by atoms with Gasteiger partial charge in [-0.05, 0) is 30.6 Å². The fraction of sp³-hybridized carbons (Fsp3) is 0.364. The number of hydrogen-bond acceptors (Lipinski definition) is 2. The number of rotatable bonds is 2. The summed E-state index contributed by atoms with van der Waals surface area (Å²) >= 11 is 1.27. The van der Waals surface area contributed by atoms with Crippen LogP contribution in [0.4, 0.5) is 0 Å². The molecule has 0 heterocycles. The summed E-state index contributed by atoms with van der Waals surface area (Å²) in [6.45, 7) is 0. The van der Waals surface area contributed by atoms with E-state index in [-0.39, 0.29) is 5.12 Å². The van der Waals surface area contributed by atoms with Gasteiger partial charge in [0.25, 0.3) is 0 Å². The second-order valence-corrected chi connectivity index (χ2v) is 4.17. The van der Waals surface area contributed by atoms with E-state index in [0.717, 1.165) is 11.5 Å². The molecule has 0 bridgehead atoms. The molecular formula is C11H12OS. The second kappa shape index (κ2) is 3.54. The zero-order chi connectivity index (χ0) is 9.26. The highest BCUT2D eigenvalue weighted by atomic mass is 32.2. The average molecular weight is 192 g/mol. The van der Waals surface area contributed by atoms with Gasteiger partial charge < -0.3 is 0 Å². The molecule has 0 saturated heterocycles. The molecule has 2 heteroatoms. The lowest BCUT2D eigenvalue weighted by Crippen LogP contribution is -1.91. The zero-order valence-electron chi connectivity index (χ0n) is 7.62. The Bertz CT molecular complexity index is 311. The molecule has 0 N–H and O–H groups in total. The molecule has 1 aliphatic carbocycles. The first-order valence-corrected chi connectivity index (χ1v) is 5.72. The highest BCUT2D eigenvalue weighted by Gasteiger charge is 2.23. The van der Waals surface area contributed by atoms with Crippen molar-refractivity contribution in [3.63, 3.8) is 0 Å². The molecule has 2 rings (SSSR count). The van der Waals surface area contributed by atoms with E-state index in [9.17, 15) is 4.79 Å². The molecule has 1 saturated carbocycles. The van der Waals surface area contributed by atoms with Crippen molar-refractivity contribution in [2.24, 2.45) is 0 Å². The minimum Gasteiger partial charge on any atom is -0.282 e. The number of carbonyl (C=O) groups is 1. The summed E-state index contributed by atoms with van der Waals surface area (Å²) in [5, 5.41) is 0.155. The molecule has 0 atom stereocenters. The van der Waals surface area contributed by atoms with Gasteiger partial charge in [0.2, 0.25) is 5.12 Å². The van der Waals surface area contributed by atoms with E-state index in [1.165, 1.54) is 30.2 Å². The topological polar surface area (TPSA) is 17.1 Å². The molecular weight excluding hydrogens is 180 g/mol. The van der Waals surface area contributed by atoms with Crippen molar-refractivity contribution in [1.82, 2.24) is 0 Å². The lowest BCUT2D eigenvalue weighted by Gasteiger charge is -1.99. The van der Waals surface area contributed by atoms with Gasteiger partial charge in [0.05, 0.1) is 0 Å². The molecule has 68 valence electrons. The zero-order valence-corrected chi connectivity index (χ0v) is 8.43. The quantitative estimate of drug-likeness (QED) is 0.716. The maximum Gasteiger partial charge on any atom is 0.219 e. The van der Waals surface area contributed by atoms with E-state index in [2.05, 4.69) is 12.1 Å². The van der Waals surface area contributed by atoms with E-state index < -0.39 is 0 Å². The smallest absolute Gasteiger partial charge is 0.219 e. The van der Waals surface area contributed by atoms with Crippen LogP contribution in [0.5, 0.6) is 0 Å². The van der Waals surface area contributed by atoms with Gasteiger partial charge in [0.15, 0.2) is 0 Å². The molecule has 1 fully saturated rings. The van der Waals surface area contributed by atoms with Gasteiger partial charge in [0, 0.05) is 5.56 Å². The van der Waals surface area contributed by atoms with Crippen molar-refractivity contribution >= 4 is 16.9 Å². The summed E-state index contributed by atoms with van der Waals surface area (Å²) in [7, 11) is 0. The SMILES string of the molecule is CSC(=O)c1ccc(C2CC2)cc1. The van der Waals surface area contributed by atoms with Crippen LogP contribution in [0.3, 0.4) is 0 Å². The molecule has 0 aliphatic heterocycles. The van der Waals surface area contributed by atoms with Crippen molar-refractivity contribution in [2.75, 3.05) is 6.26 Å². The third-order valence-electron chi connectivity index (χ3n) is 2.38. The predicted octanol–water partition coefficient (Wildman–Crippen LogP) is 3.07. The van der Waals surface area contributed by atoms with Crippen molar-refractivity contribution in [1.29, 1.82) is 0 Å². The molecule has 1 aliphatic rings. The highest BCUT2D eigenvalue weighted by Crippen LogP contribution is 2.39. The summed E-state index contributed by atoms with van der Waals surface area (Å²) in [4.78, 5) is 11.3. The number of carbonyl (C=O) groups excluding carboxylic acids is 1. The first-order valence-electron chi connectivity index (χ1n) is 4.49. The Morgan fingerprint density at radius 2 is 1.92 bits per heavy atom. The van der Waals surface area contributed by atoms with E-state index in [1.54, 1.807) is 0 Å². The van der Waals surface area contributed by atoms with Crippen molar-refractivity contribution in [3.05, 3.63) is 35.4 Å². The van der Waals surface area contributed by atoms with Crippen molar-refractivity contribution in [2.45, 2.75) is 18.8 Å². The molecule has 0 unspecified atom stereocenters. The van der Waals surface area contributed by atoms with Crippen LogP contribution in [0.1, 0.15) is 34.7 Å². The normalized spacial score (nSPS) is 15.8. The Labute approximate surface area is 82.5 Å². The lowest BCUT2D eigenvalue weighted by molar-refractivity contribution is 0.108. The first-order chi connectivity index (χ1) is 6.31. The van der Waals surface area contributed by atoms with Crippen LogP contribution in [0, 0.1) is 0 Å². The van der Waals surface area contributed by atoms with Crippen LogP contribution in [0.15, 0.2) is 24.3 Å². The molecule has 1 aromatic carbocycles. The number of hydrogen-bond donors (Lipinski definition) is 0. The fourth-order valence-corrected chi connectivity index (χ4v) is 1.80. The summed E-state index contributed by atoms with van der Waals surface area (Å²) in [5.41, 5.74) is 2.20. The maximum absolute atomic E-state index is 11.3. The minimum absolute atomic E-state index is 0.155. The molecule has 0 spiro atoms. The van der Waals surface area contributed by atoms with Crippen molar-refractivity contribution in [3.8, 4) is 0 Å². The Balaban J connectivity index is 2.17. The van der Waals surface area contributed by atoms with Crippen LogP contribution in [0.2, 0.25) is 0 Å². The molecule has 13 heavy (non-hydrogen) atoms. The molecule has 1 nitrogen and oxygen atoms in total. The number of thioether (sulfide) groups is 1. The van der Waals surface area contributed by atoms with E-state index in [4.69, 9.17) is 0 Å². The van der Waals surface area contributed by atoms with Crippen LogP contribution >= 0.6 is 11.8 Å². The molecule has 0 radical (unpaired) electrons.